The first kappa shape index (κ1) is 20.2. The number of hydrogen-bond donors (Lipinski definition) is 0. The van der Waals surface area contributed by atoms with E-state index in [1.54, 1.807) is 0 Å². The number of halogens is 2. The number of aryl methyl sites for hydroxylation is 1. The molecule has 0 aliphatic heterocycles. The highest BCUT2D eigenvalue weighted by Gasteiger charge is 2.13. The Bertz CT molecular complexity index is 1590. The predicted molar refractivity (Wildman–Crippen MR) is 152 cm³/mol. The second-order valence-corrected chi connectivity index (χ2v) is 10.5. The summed E-state index contributed by atoms with van der Waals surface area (Å²) in [4.78, 5) is 4.91. The monoisotopic (exact) mass is 636 g/mol. The van der Waals surface area contributed by atoms with Gasteiger partial charge < -0.3 is 4.57 Å². The summed E-state index contributed by atoms with van der Waals surface area (Å²) in [6.07, 6.45) is 0. The number of pyridine rings is 1. The average Bonchev–Trinajstić information content (AvgIpc) is 3.12. The highest BCUT2D eigenvalue weighted by atomic mass is 127. The van der Waals surface area contributed by atoms with Crippen LogP contribution in [0.4, 0.5) is 0 Å². The van der Waals surface area contributed by atoms with Gasteiger partial charge in [0, 0.05) is 34.5 Å². The van der Waals surface area contributed by atoms with E-state index in [2.05, 4.69) is 142 Å². The maximum atomic E-state index is 4.91. The fourth-order valence-electron chi connectivity index (χ4n) is 4.52. The number of aromatic nitrogens is 2. The minimum Gasteiger partial charge on any atom is -0.309 e. The smallest absolute Gasteiger partial charge is 0.0712 e. The van der Waals surface area contributed by atoms with Gasteiger partial charge in [0.1, 0.15) is 0 Å². The fourth-order valence-corrected chi connectivity index (χ4v) is 5.51. The molecule has 2 aromatic heterocycles. The van der Waals surface area contributed by atoms with Crippen LogP contribution in [0.25, 0.3) is 49.7 Å². The lowest BCUT2D eigenvalue weighted by molar-refractivity contribution is 1.18. The van der Waals surface area contributed by atoms with E-state index in [1.165, 1.54) is 39.9 Å². The van der Waals surface area contributed by atoms with Crippen LogP contribution in [0.3, 0.4) is 0 Å². The highest BCUT2D eigenvalue weighted by molar-refractivity contribution is 14.1. The van der Waals surface area contributed by atoms with Crippen molar-refractivity contribution in [1.29, 1.82) is 0 Å². The zero-order chi connectivity index (χ0) is 21.8. The van der Waals surface area contributed by atoms with E-state index in [4.69, 9.17) is 4.98 Å². The van der Waals surface area contributed by atoms with Crippen LogP contribution in [0.15, 0.2) is 91.0 Å². The van der Waals surface area contributed by atoms with Crippen molar-refractivity contribution < 1.29 is 0 Å². The third-order valence-corrected chi connectivity index (χ3v) is 7.38. The molecule has 0 unspecified atom stereocenters. The molecular formula is C28H18I2N2. The second-order valence-electron chi connectivity index (χ2n) is 8.05. The second kappa shape index (κ2) is 7.85. The third kappa shape index (κ3) is 3.31. The quantitative estimate of drug-likeness (QED) is 0.174. The molecule has 0 N–H and O–H groups in total. The van der Waals surface area contributed by atoms with Crippen LogP contribution in [0, 0.1) is 14.1 Å². The zero-order valence-corrected chi connectivity index (χ0v) is 21.6. The van der Waals surface area contributed by atoms with Gasteiger partial charge in [0.15, 0.2) is 0 Å². The van der Waals surface area contributed by atoms with Gasteiger partial charge in [-0.25, -0.2) is 4.98 Å². The predicted octanol–water partition coefficient (Wildman–Crippen LogP) is 8.52. The molecule has 0 atom stereocenters. The molecule has 2 heterocycles. The largest absolute Gasteiger partial charge is 0.309 e. The summed E-state index contributed by atoms with van der Waals surface area (Å²) in [6.45, 7) is 2.16. The van der Waals surface area contributed by atoms with Crippen molar-refractivity contribution in [3.63, 3.8) is 0 Å². The van der Waals surface area contributed by atoms with Crippen LogP contribution < -0.4 is 0 Å². The minimum atomic E-state index is 1.01. The Morgan fingerprint density at radius 1 is 0.656 bits per heavy atom. The standard InChI is InChI=1S/C28H18I2N2/c1-17-14-26(31-25-5-3-2-4-22(17)25)18-6-10-21(11-7-18)32-27-12-8-19(29)15-23(27)24-16-20(30)9-13-28(24)32/h2-16H,1H3. The van der Waals surface area contributed by atoms with Crippen LogP contribution >= 0.6 is 45.2 Å². The lowest BCUT2D eigenvalue weighted by Gasteiger charge is -2.10. The summed E-state index contributed by atoms with van der Waals surface area (Å²) in [6, 6.07) is 32.7. The van der Waals surface area contributed by atoms with Crippen LogP contribution in [-0.4, -0.2) is 9.55 Å². The maximum Gasteiger partial charge on any atom is 0.0712 e. The Morgan fingerprint density at radius 2 is 1.28 bits per heavy atom. The van der Waals surface area contributed by atoms with E-state index < -0.39 is 0 Å². The topological polar surface area (TPSA) is 17.8 Å². The van der Waals surface area contributed by atoms with Crippen molar-refractivity contribution in [3.8, 4) is 16.9 Å². The van der Waals surface area contributed by atoms with Gasteiger partial charge in [-0.05, 0) is 118 Å². The van der Waals surface area contributed by atoms with Gasteiger partial charge in [0.2, 0.25) is 0 Å². The van der Waals surface area contributed by atoms with E-state index in [1.807, 2.05) is 6.07 Å². The zero-order valence-electron chi connectivity index (χ0n) is 17.3. The number of rotatable bonds is 2. The molecule has 32 heavy (non-hydrogen) atoms. The number of para-hydroxylation sites is 1. The molecule has 6 rings (SSSR count). The Balaban J connectivity index is 1.52. The molecule has 0 saturated carbocycles. The first-order valence-electron chi connectivity index (χ1n) is 10.4. The minimum absolute atomic E-state index is 1.01. The molecule has 0 bridgehead atoms. The molecule has 4 heteroatoms. The summed E-state index contributed by atoms with van der Waals surface area (Å²) < 4.78 is 4.86. The normalized spacial score (nSPS) is 11.6. The van der Waals surface area contributed by atoms with Crippen molar-refractivity contribution in [3.05, 3.63) is 104 Å². The SMILES string of the molecule is Cc1cc(-c2ccc(-n3c4ccc(I)cc4c4cc(I)ccc43)cc2)nc2ccccc12. The summed E-state index contributed by atoms with van der Waals surface area (Å²) in [7, 11) is 0. The van der Waals surface area contributed by atoms with Crippen LogP contribution in [0.2, 0.25) is 0 Å². The van der Waals surface area contributed by atoms with Crippen LogP contribution in [-0.2, 0) is 0 Å². The summed E-state index contributed by atoms with van der Waals surface area (Å²) in [5.41, 5.74) is 8.06. The van der Waals surface area contributed by atoms with Crippen molar-refractivity contribution >= 4 is 77.9 Å². The third-order valence-electron chi connectivity index (χ3n) is 6.03. The summed E-state index contributed by atoms with van der Waals surface area (Å²) in [5, 5.41) is 3.80. The Hall–Kier alpha value is -2.45. The van der Waals surface area contributed by atoms with Gasteiger partial charge >= 0.3 is 0 Å². The van der Waals surface area contributed by atoms with Gasteiger partial charge in [-0.15, -0.1) is 0 Å². The van der Waals surface area contributed by atoms with Crippen molar-refractivity contribution in [1.82, 2.24) is 9.55 Å². The fraction of sp³-hybridized carbons (Fsp3) is 0.0357. The molecule has 154 valence electrons. The first-order valence-corrected chi connectivity index (χ1v) is 12.6. The Kier molecular flexibility index (Phi) is 4.95. The maximum absolute atomic E-state index is 4.91. The van der Waals surface area contributed by atoms with E-state index in [0.29, 0.717) is 0 Å². The van der Waals surface area contributed by atoms with E-state index in [-0.39, 0.29) is 0 Å². The molecule has 0 fully saturated rings. The molecule has 0 aliphatic rings. The average molecular weight is 636 g/mol. The van der Waals surface area contributed by atoms with Crippen molar-refractivity contribution in [2.75, 3.05) is 0 Å². The van der Waals surface area contributed by atoms with Gasteiger partial charge in [0.05, 0.1) is 22.2 Å². The van der Waals surface area contributed by atoms with Gasteiger partial charge in [-0.1, -0.05) is 30.3 Å². The van der Waals surface area contributed by atoms with Crippen molar-refractivity contribution in [2.45, 2.75) is 6.92 Å². The number of nitrogens with zero attached hydrogens (tertiary/aromatic N) is 2. The van der Waals surface area contributed by atoms with Crippen LogP contribution in [0.5, 0.6) is 0 Å². The highest BCUT2D eigenvalue weighted by Crippen LogP contribution is 2.34. The number of hydrogen-bond acceptors (Lipinski definition) is 1. The Labute approximate surface area is 213 Å². The number of fused-ring (bicyclic) bond motifs is 4. The number of benzene rings is 4. The molecule has 0 amide bonds. The summed E-state index contributed by atoms with van der Waals surface area (Å²) >= 11 is 4.79. The van der Waals surface area contributed by atoms with E-state index in [0.717, 1.165) is 22.5 Å². The molecule has 6 aromatic rings. The van der Waals surface area contributed by atoms with E-state index in [9.17, 15) is 0 Å². The van der Waals surface area contributed by atoms with Crippen LogP contribution in [0.1, 0.15) is 5.56 Å². The van der Waals surface area contributed by atoms with Gasteiger partial charge in [0.25, 0.3) is 0 Å². The molecule has 2 nitrogen and oxygen atoms in total. The molecule has 0 saturated heterocycles. The van der Waals surface area contributed by atoms with E-state index >= 15 is 0 Å². The first-order chi connectivity index (χ1) is 15.6. The van der Waals surface area contributed by atoms with Gasteiger partial charge in [-0.3, -0.25) is 0 Å². The molecule has 0 radical (unpaired) electrons. The lowest BCUT2D eigenvalue weighted by atomic mass is 10.0. The molecular weight excluding hydrogens is 618 g/mol. The Morgan fingerprint density at radius 3 is 1.94 bits per heavy atom. The molecule has 0 aliphatic carbocycles. The summed E-state index contributed by atoms with van der Waals surface area (Å²) in [5.74, 6) is 0. The van der Waals surface area contributed by atoms with Crippen molar-refractivity contribution in [2.24, 2.45) is 0 Å². The molecule has 0 spiro atoms. The lowest BCUT2D eigenvalue weighted by Crippen LogP contribution is -1.94. The van der Waals surface area contributed by atoms with Gasteiger partial charge in [-0.2, -0.15) is 0 Å². The molecule has 4 aromatic carbocycles.